The van der Waals surface area contributed by atoms with Crippen molar-refractivity contribution in [3.8, 4) is 6.07 Å². The normalized spacial score (nSPS) is 19.6. The maximum atomic E-state index is 13.0. The molecule has 0 aliphatic carbocycles. The van der Waals surface area contributed by atoms with Crippen LogP contribution in [-0.2, 0) is 16.1 Å². The molecule has 0 aromatic heterocycles. The number of likely N-dealkylation sites (tertiary alicyclic amines) is 1. The summed E-state index contributed by atoms with van der Waals surface area (Å²) >= 11 is 0. The van der Waals surface area contributed by atoms with E-state index in [-0.39, 0.29) is 25.4 Å². The number of alkyl carbamates (subject to hydrolysis) is 1. The molecule has 1 aliphatic heterocycles. The summed E-state index contributed by atoms with van der Waals surface area (Å²) < 4.78 is 5.39. The Bertz CT molecular complexity index is 808. The molecule has 1 aromatic rings. The van der Waals surface area contributed by atoms with Crippen molar-refractivity contribution >= 4 is 18.1 Å². The third-order valence-electron chi connectivity index (χ3n) is 5.19. The minimum absolute atomic E-state index is 0.0762. The van der Waals surface area contributed by atoms with Gasteiger partial charge in [0, 0.05) is 26.1 Å². The third kappa shape index (κ3) is 7.48. The zero-order valence-electron chi connectivity index (χ0n) is 18.0. The van der Waals surface area contributed by atoms with Gasteiger partial charge in [-0.05, 0) is 30.7 Å². The average Bonchev–Trinajstić information content (AvgIpc) is 2.95. The first-order valence-corrected chi connectivity index (χ1v) is 10.4. The van der Waals surface area contributed by atoms with Crippen molar-refractivity contribution in [2.75, 3.05) is 13.1 Å². The van der Waals surface area contributed by atoms with Gasteiger partial charge in [0.25, 0.3) is 5.91 Å². The van der Waals surface area contributed by atoms with Crippen LogP contribution in [0.5, 0.6) is 0 Å². The van der Waals surface area contributed by atoms with Gasteiger partial charge < -0.3 is 25.4 Å². The molecule has 3 amide bonds. The zero-order chi connectivity index (χ0) is 22.9. The Morgan fingerprint density at radius 2 is 1.94 bits per heavy atom. The molecule has 9 nitrogen and oxygen atoms in total. The number of hydrogen-bond donors (Lipinski definition) is 3. The van der Waals surface area contributed by atoms with Gasteiger partial charge in [-0.3, -0.25) is 4.79 Å². The van der Waals surface area contributed by atoms with Crippen LogP contribution in [0.25, 0.3) is 0 Å². The number of nitriles is 1. The first kappa shape index (κ1) is 24.0. The summed E-state index contributed by atoms with van der Waals surface area (Å²) in [4.78, 5) is 37.7. The average molecular weight is 431 g/mol. The van der Waals surface area contributed by atoms with Gasteiger partial charge in [-0.1, -0.05) is 44.2 Å². The number of benzene rings is 1. The molecule has 1 aromatic carbocycles. The molecular formula is C22H30N4O5. The van der Waals surface area contributed by atoms with Gasteiger partial charge in [0.15, 0.2) is 6.10 Å². The lowest BCUT2D eigenvalue weighted by molar-refractivity contribution is -0.131. The summed E-state index contributed by atoms with van der Waals surface area (Å²) in [5.74, 6) is -0.471. The summed E-state index contributed by atoms with van der Waals surface area (Å²) in [6, 6.07) is 11.5. The monoisotopic (exact) mass is 430 g/mol. The fourth-order valence-corrected chi connectivity index (χ4v) is 3.48. The maximum Gasteiger partial charge on any atom is 0.408 e. The topological polar surface area (TPSA) is 132 Å². The van der Waals surface area contributed by atoms with Gasteiger partial charge in [-0.25, -0.2) is 9.59 Å². The van der Waals surface area contributed by atoms with Crippen LogP contribution in [0.3, 0.4) is 0 Å². The van der Waals surface area contributed by atoms with Gasteiger partial charge in [0.05, 0.1) is 6.07 Å². The Labute approximate surface area is 182 Å². The molecule has 1 heterocycles. The Balaban J connectivity index is 2.01. The molecule has 31 heavy (non-hydrogen) atoms. The summed E-state index contributed by atoms with van der Waals surface area (Å²) in [6.07, 6.45) is -1.56. The molecule has 0 saturated carbocycles. The molecule has 9 heteroatoms. The van der Waals surface area contributed by atoms with E-state index in [9.17, 15) is 24.8 Å². The number of amides is 3. The van der Waals surface area contributed by atoms with Crippen LogP contribution in [-0.4, -0.2) is 52.8 Å². The van der Waals surface area contributed by atoms with Crippen molar-refractivity contribution in [2.45, 2.75) is 57.7 Å². The fourth-order valence-electron chi connectivity index (χ4n) is 3.48. The van der Waals surface area contributed by atoms with Crippen LogP contribution in [0.2, 0.25) is 0 Å². The van der Waals surface area contributed by atoms with Crippen molar-refractivity contribution in [3.63, 3.8) is 0 Å². The van der Waals surface area contributed by atoms with Gasteiger partial charge in [0.1, 0.15) is 5.54 Å². The molecule has 0 radical (unpaired) electrons. The molecule has 2 rings (SSSR count). The maximum absolute atomic E-state index is 13.0. The molecule has 3 N–H and O–H groups in total. The minimum Gasteiger partial charge on any atom is -0.465 e. The second-order valence-corrected chi connectivity index (χ2v) is 8.17. The Morgan fingerprint density at radius 1 is 1.23 bits per heavy atom. The Morgan fingerprint density at radius 3 is 2.55 bits per heavy atom. The van der Waals surface area contributed by atoms with E-state index in [2.05, 4.69) is 16.7 Å². The number of hydrogen-bond acceptors (Lipinski definition) is 5. The molecule has 2 atom stereocenters. The van der Waals surface area contributed by atoms with Crippen molar-refractivity contribution in [2.24, 2.45) is 5.92 Å². The molecule has 1 fully saturated rings. The third-order valence-corrected chi connectivity index (χ3v) is 5.19. The van der Waals surface area contributed by atoms with Gasteiger partial charge >= 0.3 is 12.2 Å². The van der Waals surface area contributed by atoms with E-state index in [0.29, 0.717) is 25.8 Å². The zero-order valence-corrected chi connectivity index (χ0v) is 18.0. The van der Waals surface area contributed by atoms with E-state index in [1.807, 2.05) is 44.2 Å². The second kappa shape index (κ2) is 11.2. The highest BCUT2D eigenvalue weighted by molar-refractivity contribution is 5.84. The quantitative estimate of drug-likeness (QED) is 0.609. The van der Waals surface area contributed by atoms with E-state index in [4.69, 9.17) is 4.74 Å². The molecule has 1 saturated heterocycles. The van der Waals surface area contributed by atoms with Crippen LogP contribution in [0.15, 0.2) is 30.3 Å². The Kier molecular flexibility index (Phi) is 8.67. The molecule has 0 bridgehead atoms. The lowest BCUT2D eigenvalue weighted by atomic mass is 9.91. The number of nitrogens with one attached hydrogen (secondary N) is 2. The van der Waals surface area contributed by atoms with Crippen molar-refractivity contribution < 1.29 is 24.2 Å². The highest BCUT2D eigenvalue weighted by atomic mass is 16.6. The van der Waals surface area contributed by atoms with Crippen molar-refractivity contribution in [1.29, 1.82) is 5.26 Å². The van der Waals surface area contributed by atoms with Gasteiger partial charge in [-0.2, -0.15) is 5.26 Å². The summed E-state index contributed by atoms with van der Waals surface area (Å²) in [7, 11) is 0. The van der Waals surface area contributed by atoms with Crippen molar-refractivity contribution in [1.82, 2.24) is 15.5 Å². The fraction of sp³-hybridized carbons (Fsp3) is 0.545. The number of nitrogens with zero attached hydrogens (tertiary/aromatic N) is 2. The van der Waals surface area contributed by atoms with Crippen LogP contribution in [0.1, 0.15) is 45.1 Å². The number of carboxylic acid groups (broad SMARTS) is 1. The molecule has 0 spiro atoms. The summed E-state index contributed by atoms with van der Waals surface area (Å²) in [5, 5.41) is 24.3. The van der Waals surface area contributed by atoms with Crippen LogP contribution < -0.4 is 10.6 Å². The standard InChI is InChI=1S/C22H30N4O5/c1-16(2)13-18(31-20(28)24-14-17-7-4-3-5-8-17)19(27)25-22(15-23)9-6-11-26(12-10-22)21(29)30/h3-5,7-8,16,18H,6,9-14H2,1-2H3,(H,24,28)(H,25,27)(H,29,30). The number of rotatable bonds is 7. The molecule has 1 aliphatic rings. The van der Waals surface area contributed by atoms with Crippen LogP contribution >= 0.6 is 0 Å². The smallest absolute Gasteiger partial charge is 0.408 e. The van der Waals surface area contributed by atoms with Crippen molar-refractivity contribution in [3.05, 3.63) is 35.9 Å². The van der Waals surface area contributed by atoms with Gasteiger partial charge in [0.2, 0.25) is 0 Å². The Hall–Kier alpha value is -3.28. The lowest BCUT2D eigenvalue weighted by Gasteiger charge is -2.29. The molecular weight excluding hydrogens is 400 g/mol. The number of carbonyl (C=O) groups is 3. The van der Waals surface area contributed by atoms with Crippen LogP contribution in [0, 0.1) is 17.2 Å². The molecule has 168 valence electrons. The summed E-state index contributed by atoms with van der Waals surface area (Å²) in [6.45, 7) is 4.53. The number of carbonyl (C=O) groups excluding carboxylic acids is 2. The predicted molar refractivity (Wildman–Crippen MR) is 113 cm³/mol. The van der Waals surface area contributed by atoms with E-state index in [1.165, 1.54) is 4.90 Å². The minimum atomic E-state index is -1.19. The van der Waals surface area contributed by atoms with Crippen LogP contribution in [0.4, 0.5) is 9.59 Å². The highest BCUT2D eigenvalue weighted by Crippen LogP contribution is 2.23. The second-order valence-electron chi connectivity index (χ2n) is 8.17. The molecule has 2 unspecified atom stereocenters. The first-order chi connectivity index (χ1) is 14.7. The predicted octanol–water partition coefficient (Wildman–Crippen LogP) is 2.87. The largest absolute Gasteiger partial charge is 0.465 e. The summed E-state index contributed by atoms with van der Waals surface area (Å²) in [5.41, 5.74) is -0.297. The van der Waals surface area contributed by atoms with E-state index < -0.39 is 29.7 Å². The highest BCUT2D eigenvalue weighted by Gasteiger charge is 2.38. The van der Waals surface area contributed by atoms with E-state index in [0.717, 1.165) is 5.56 Å². The first-order valence-electron chi connectivity index (χ1n) is 10.4. The van der Waals surface area contributed by atoms with Gasteiger partial charge in [-0.15, -0.1) is 0 Å². The SMILES string of the molecule is CC(C)CC(OC(=O)NCc1ccccc1)C(=O)NC1(C#N)CCCN(C(=O)O)CC1. The number of ether oxygens (including phenoxy) is 1. The lowest BCUT2D eigenvalue weighted by Crippen LogP contribution is -2.53. The van der Waals surface area contributed by atoms with E-state index >= 15 is 0 Å². The van der Waals surface area contributed by atoms with E-state index in [1.54, 1.807) is 0 Å².